The van der Waals surface area contributed by atoms with Crippen LogP contribution < -0.4 is 10.6 Å². The predicted molar refractivity (Wildman–Crippen MR) is 91.9 cm³/mol. The van der Waals surface area contributed by atoms with E-state index < -0.39 is 0 Å². The van der Waals surface area contributed by atoms with E-state index in [4.69, 9.17) is 0 Å². The summed E-state index contributed by atoms with van der Waals surface area (Å²) in [6, 6.07) is 13.0. The van der Waals surface area contributed by atoms with Gasteiger partial charge in [0.05, 0.1) is 0 Å². The van der Waals surface area contributed by atoms with E-state index in [1.165, 1.54) is 0 Å². The zero-order valence-corrected chi connectivity index (χ0v) is 14.0. The van der Waals surface area contributed by atoms with Crippen molar-refractivity contribution in [2.45, 2.75) is 20.3 Å². The van der Waals surface area contributed by atoms with Crippen molar-refractivity contribution in [1.82, 2.24) is 0 Å². The Morgan fingerprint density at radius 3 is 2.45 bits per heavy atom. The Bertz CT molecular complexity index is 714. The Hall–Kier alpha value is -2.14. The fraction of sp³-hybridized carbons (Fsp3) is 0.176. The summed E-state index contributed by atoms with van der Waals surface area (Å²) in [5.41, 5.74) is 3.41. The van der Waals surface area contributed by atoms with Crippen LogP contribution in [-0.2, 0) is 9.59 Å². The lowest BCUT2D eigenvalue weighted by atomic mass is 10.1. The second-order valence-corrected chi connectivity index (χ2v) is 6.02. The van der Waals surface area contributed by atoms with Crippen LogP contribution in [0.1, 0.15) is 17.5 Å². The van der Waals surface area contributed by atoms with Crippen molar-refractivity contribution in [2.75, 3.05) is 10.6 Å². The zero-order chi connectivity index (χ0) is 16.1. The predicted octanol–water partition coefficient (Wildman–Crippen LogP) is 4.03. The van der Waals surface area contributed by atoms with Crippen LogP contribution in [0.3, 0.4) is 0 Å². The largest absolute Gasteiger partial charge is 0.326 e. The molecule has 0 saturated carbocycles. The third-order valence-corrected chi connectivity index (χ3v) is 3.59. The molecule has 2 amide bonds. The van der Waals surface area contributed by atoms with Crippen LogP contribution in [0.4, 0.5) is 11.4 Å². The number of rotatable bonds is 4. The van der Waals surface area contributed by atoms with Crippen molar-refractivity contribution >= 4 is 39.1 Å². The lowest BCUT2D eigenvalue weighted by Crippen LogP contribution is -2.21. The summed E-state index contributed by atoms with van der Waals surface area (Å²) in [7, 11) is 0. The molecule has 114 valence electrons. The number of aryl methyl sites for hydroxylation is 2. The van der Waals surface area contributed by atoms with Crippen LogP contribution in [0, 0.1) is 13.8 Å². The van der Waals surface area contributed by atoms with Gasteiger partial charge in [0, 0.05) is 15.8 Å². The van der Waals surface area contributed by atoms with Crippen molar-refractivity contribution in [2.24, 2.45) is 0 Å². The number of benzene rings is 2. The summed E-state index contributed by atoms with van der Waals surface area (Å²) in [6.07, 6.45) is -0.222. The van der Waals surface area contributed by atoms with Gasteiger partial charge in [0.1, 0.15) is 6.42 Å². The topological polar surface area (TPSA) is 58.2 Å². The van der Waals surface area contributed by atoms with Crippen LogP contribution in [0.5, 0.6) is 0 Å². The SMILES string of the molecule is Cc1ccc(C)c(NC(=O)CC(=O)Nc2cccc(Br)c2)c1. The third-order valence-electron chi connectivity index (χ3n) is 3.10. The highest BCUT2D eigenvalue weighted by atomic mass is 79.9. The molecule has 0 aliphatic rings. The highest BCUT2D eigenvalue weighted by Gasteiger charge is 2.11. The van der Waals surface area contributed by atoms with Gasteiger partial charge < -0.3 is 10.6 Å². The normalized spacial score (nSPS) is 10.1. The number of hydrogen-bond acceptors (Lipinski definition) is 2. The van der Waals surface area contributed by atoms with Gasteiger partial charge >= 0.3 is 0 Å². The smallest absolute Gasteiger partial charge is 0.233 e. The fourth-order valence-electron chi connectivity index (χ4n) is 1.98. The zero-order valence-electron chi connectivity index (χ0n) is 12.4. The molecule has 0 atom stereocenters. The van der Waals surface area contributed by atoms with Gasteiger partial charge in [-0.05, 0) is 49.2 Å². The second kappa shape index (κ2) is 7.22. The average Bonchev–Trinajstić information content (AvgIpc) is 2.42. The molecule has 22 heavy (non-hydrogen) atoms. The van der Waals surface area contributed by atoms with E-state index >= 15 is 0 Å². The number of carbonyl (C=O) groups excluding carboxylic acids is 2. The molecule has 0 unspecified atom stereocenters. The summed E-state index contributed by atoms with van der Waals surface area (Å²) in [6.45, 7) is 3.87. The monoisotopic (exact) mass is 360 g/mol. The second-order valence-electron chi connectivity index (χ2n) is 5.10. The minimum Gasteiger partial charge on any atom is -0.326 e. The number of halogens is 1. The molecule has 0 radical (unpaired) electrons. The van der Waals surface area contributed by atoms with Crippen LogP contribution >= 0.6 is 15.9 Å². The highest BCUT2D eigenvalue weighted by Crippen LogP contribution is 2.17. The highest BCUT2D eigenvalue weighted by molar-refractivity contribution is 9.10. The number of hydrogen-bond donors (Lipinski definition) is 2. The summed E-state index contributed by atoms with van der Waals surface area (Å²) in [5.74, 6) is -0.679. The van der Waals surface area contributed by atoms with Crippen LogP contribution in [0.2, 0.25) is 0 Å². The molecule has 0 heterocycles. The molecule has 0 aromatic heterocycles. The quantitative estimate of drug-likeness (QED) is 0.808. The molecule has 5 heteroatoms. The van der Waals surface area contributed by atoms with E-state index in [0.29, 0.717) is 5.69 Å². The van der Waals surface area contributed by atoms with Gasteiger partial charge in [-0.1, -0.05) is 34.1 Å². The number of amides is 2. The number of anilines is 2. The molecule has 2 aromatic carbocycles. The summed E-state index contributed by atoms with van der Waals surface area (Å²) in [4.78, 5) is 23.9. The van der Waals surface area contributed by atoms with Crippen LogP contribution in [0.15, 0.2) is 46.9 Å². The lowest BCUT2D eigenvalue weighted by Gasteiger charge is -2.10. The first-order valence-electron chi connectivity index (χ1n) is 6.86. The molecule has 2 rings (SSSR count). The van der Waals surface area contributed by atoms with Crippen molar-refractivity contribution < 1.29 is 9.59 Å². The first-order chi connectivity index (χ1) is 10.4. The maximum atomic E-state index is 12.0. The Morgan fingerprint density at radius 1 is 1.00 bits per heavy atom. The van der Waals surface area contributed by atoms with Gasteiger partial charge in [0.25, 0.3) is 0 Å². The van der Waals surface area contributed by atoms with Gasteiger partial charge in [-0.3, -0.25) is 9.59 Å². The van der Waals surface area contributed by atoms with Gasteiger partial charge in [-0.15, -0.1) is 0 Å². The maximum Gasteiger partial charge on any atom is 0.233 e. The van der Waals surface area contributed by atoms with Gasteiger partial charge in [-0.25, -0.2) is 0 Å². The molecular weight excluding hydrogens is 344 g/mol. The summed E-state index contributed by atoms with van der Waals surface area (Å²) >= 11 is 3.33. The minimum absolute atomic E-state index is 0.222. The van der Waals surface area contributed by atoms with E-state index in [2.05, 4.69) is 26.6 Å². The number of nitrogens with one attached hydrogen (secondary N) is 2. The Labute approximate surface area is 138 Å². The van der Waals surface area contributed by atoms with Crippen molar-refractivity contribution in [3.05, 3.63) is 58.1 Å². The molecule has 0 aliphatic heterocycles. The molecule has 0 saturated heterocycles. The number of carbonyl (C=O) groups is 2. The minimum atomic E-state index is -0.346. The molecular formula is C17H17BrN2O2. The Balaban J connectivity index is 1.94. The molecule has 0 spiro atoms. The van der Waals surface area contributed by atoms with Gasteiger partial charge in [0.15, 0.2) is 0 Å². The van der Waals surface area contributed by atoms with Crippen LogP contribution in [0.25, 0.3) is 0 Å². The molecule has 2 N–H and O–H groups in total. The summed E-state index contributed by atoms with van der Waals surface area (Å²) in [5, 5.41) is 5.47. The van der Waals surface area contributed by atoms with Gasteiger partial charge in [-0.2, -0.15) is 0 Å². The average molecular weight is 361 g/mol. The van der Waals surface area contributed by atoms with Crippen molar-refractivity contribution in [3.63, 3.8) is 0 Å². The molecule has 0 fully saturated rings. The molecule has 0 bridgehead atoms. The van der Waals surface area contributed by atoms with Gasteiger partial charge in [0.2, 0.25) is 11.8 Å². The Kier molecular flexibility index (Phi) is 5.33. The van der Waals surface area contributed by atoms with Crippen molar-refractivity contribution in [1.29, 1.82) is 0 Å². The van der Waals surface area contributed by atoms with Crippen molar-refractivity contribution in [3.8, 4) is 0 Å². The standard InChI is InChI=1S/C17H17BrN2O2/c1-11-6-7-12(2)15(8-11)20-17(22)10-16(21)19-14-5-3-4-13(18)9-14/h3-9H,10H2,1-2H3,(H,19,21)(H,20,22). The third kappa shape index (κ3) is 4.70. The first kappa shape index (κ1) is 16.2. The fourth-order valence-corrected chi connectivity index (χ4v) is 2.38. The maximum absolute atomic E-state index is 12.0. The van der Waals surface area contributed by atoms with E-state index in [1.807, 2.05) is 44.2 Å². The van der Waals surface area contributed by atoms with E-state index in [9.17, 15) is 9.59 Å². The lowest BCUT2D eigenvalue weighted by molar-refractivity contribution is -0.123. The van der Waals surface area contributed by atoms with E-state index in [1.54, 1.807) is 12.1 Å². The molecule has 0 aliphatic carbocycles. The van der Waals surface area contributed by atoms with Crippen LogP contribution in [-0.4, -0.2) is 11.8 Å². The van der Waals surface area contributed by atoms with E-state index in [-0.39, 0.29) is 18.2 Å². The first-order valence-corrected chi connectivity index (χ1v) is 7.66. The molecule has 4 nitrogen and oxygen atoms in total. The Morgan fingerprint density at radius 2 is 1.73 bits per heavy atom. The summed E-state index contributed by atoms with van der Waals surface area (Å²) < 4.78 is 0.866. The molecule has 2 aromatic rings. The van der Waals surface area contributed by atoms with E-state index in [0.717, 1.165) is 21.3 Å².